The smallest absolute Gasteiger partial charge is 0.0403 e. The molecule has 1 aromatic heterocycles. The van der Waals surface area contributed by atoms with Crippen molar-refractivity contribution in [2.45, 2.75) is 45.4 Å². The van der Waals surface area contributed by atoms with Gasteiger partial charge >= 0.3 is 0 Å². The molecule has 0 unspecified atom stereocenters. The molecule has 0 saturated carbocycles. The number of halogens is 1. The molecule has 1 aromatic rings. The van der Waals surface area contributed by atoms with Gasteiger partial charge in [0.2, 0.25) is 0 Å². The number of unbranched alkanes of at least 4 members (excludes halogenated alkanes) is 4. The quantitative estimate of drug-likeness (QED) is 0.698. The van der Waals surface area contributed by atoms with Crippen LogP contribution >= 0.6 is 17.0 Å². The van der Waals surface area contributed by atoms with E-state index in [0.29, 0.717) is 0 Å². The molecule has 0 aliphatic rings. The highest BCUT2D eigenvalue weighted by Gasteiger charge is 1.92. The Balaban J connectivity index is 0.00000169. The lowest BCUT2D eigenvalue weighted by atomic mass is 10.1. The minimum Gasteiger partial charge on any atom is -0.261 e. The Kier molecular flexibility index (Phi) is 8.95. The summed E-state index contributed by atoms with van der Waals surface area (Å²) in [5.74, 6) is 0. The van der Waals surface area contributed by atoms with Crippen molar-refractivity contribution in [2.75, 3.05) is 0 Å². The van der Waals surface area contributed by atoms with E-state index < -0.39 is 0 Å². The Bertz CT molecular complexity index is 211. The van der Waals surface area contributed by atoms with Crippen molar-refractivity contribution in [3.8, 4) is 0 Å². The van der Waals surface area contributed by atoms with Crippen LogP contribution in [0.3, 0.4) is 0 Å². The first kappa shape index (κ1) is 13.6. The van der Waals surface area contributed by atoms with E-state index in [2.05, 4.69) is 24.0 Å². The van der Waals surface area contributed by atoms with Crippen LogP contribution in [-0.4, -0.2) is 4.98 Å². The maximum atomic E-state index is 4.30. The highest BCUT2D eigenvalue weighted by molar-refractivity contribution is 8.93. The molecule has 0 aromatic carbocycles. The van der Waals surface area contributed by atoms with E-state index >= 15 is 0 Å². The van der Waals surface area contributed by atoms with Crippen molar-refractivity contribution in [3.63, 3.8) is 0 Å². The van der Waals surface area contributed by atoms with Crippen LogP contribution in [0.15, 0.2) is 24.4 Å². The number of pyridine rings is 1. The lowest BCUT2D eigenvalue weighted by Crippen LogP contribution is -1.88. The first-order valence-corrected chi connectivity index (χ1v) is 5.33. The second-order valence-corrected chi connectivity index (χ2v) is 3.49. The van der Waals surface area contributed by atoms with Crippen molar-refractivity contribution < 1.29 is 0 Å². The number of aromatic nitrogens is 1. The van der Waals surface area contributed by atoms with Gasteiger partial charge in [0, 0.05) is 11.9 Å². The topological polar surface area (TPSA) is 12.9 Å². The molecular weight excluding hydrogens is 238 g/mol. The third-order valence-electron chi connectivity index (χ3n) is 2.26. The molecule has 0 atom stereocenters. The van der Waals surface area contributed by atoms with Gasteiger partial charge in [0.25, 0.3) is 0 Å². The maximum absolute atomic E-state index is 4.30. The lowest BCUT2D eigenvalue weighted by Gasteiger charge is -1.99. The highest BCUT2D eigenvalue weighted by Crippen LogP contribution is 2.06. The molecule has 1 rings (SSSR count). The minimum atomic E-state index is 0. The summed E-state index contributed by atoms with van der Waals surface area (Å²) < 4.78 is 0. The zero-order chi connectivity index (χ0) is 9.36. The summed E-state index contributed by atoms with van der Waals surface area (Å²) in [6.07, 6.45) is 9.74. The Morgan fingerprint density at radius 1 is 1.07 bits per heavy atom. The van der Waals surface area contributed by atoms with Crippen molar-refractivity contribution in [1.82, 2.24) is 4.98 Å². The van der Waals surface area contributed by atoms with E-state index in [9.17, 15) is 0 Å². The average molecular weight is 258 g/mol. The molecule has 80 valence electrons. The van der Waals surface area contributed by atoms with E-state index in [1.54, 1.807) is 0 Å². The zero-order valence-electron chi connectivity index (χ0n) is 8.91. The molecule has 0 spiro atoms. The number of hydrogen-bond acceptors (Lipinski definition) is 1. The molecule has 0 bridgehead atoms. The van der Waals surface area contributed by atoms with E-state index in [1.165, 1.54) is 37.8 Å². The number of aryl methyl sites for hydroxylation is 1. The second-order valence-electron chi connectivity index (χ2n) is 3.49. The lowest BCUT2D eigenvalue weighted by molar-refractivity contribution is 0.628. The van der Waals surface area contributed by atoms with E-state index in [1.807, 2.05) is 12.3 Å². The first-order valence-electron chi connectivity index (χ1n) is 5.33. The van der Waals surface area contributed by atoms with Crippen molar-refractivity contribution >= 4 is 17.0 Å². The van der Waals surface area contributed by atoms with Crippen molar-refractivity contribution in [2.24, 2.45) is 0 Å². The summed E-state index contributed by atoms with van der Waals surface area (Å²) in [6, 6.07) is 6.15. The summed E-state index contributed by atoms with van der Waals surface area (Å²) in [7, 11) is 0. The van der Waals surface area contributed by atoms with E-state index in [-0.39, 0.29) is 17.0 Å². The van der Waals surface area contributed by atoms with Crippen LogP contribution < -0.4 is 0 Å². The summed E-state index contributed by atoms with van der Waals surface area (Å²) in [4.78, 5) is 4.30. The number of rotatable bonds is 6. The first-order chi connectivity index (χ1) is 6.43. The Morgan fingerprint density at radius 3 is 2.50 bits per heavy atom. The predicted molar refractivity (Wildman–Crippen MR) is 67.0 cm³/mol. The fraction of sp³-hybridized carbons (Fsp3) is 0.583. The highest BCUT2D eigenvalue weighted by atomic mass is 79.9. The number of hydrogen-bond donors (Lipinski definition) is 0. The van der Waals surface area contributed by atoms with Crippen LogP contribution in [0.1, 0.15) is 44.7 Å². The zero-order valence-corrected chi connectivity index (χ0v) is 10.6. The van der Waals surface area contributed by atoms with Crippen LogP contribution in [0.2, 0.25) is 0 Å². The van der Waals surface area contributed by atoms with Crippen molar-refractivity contribution in [1.29, 1.82) is 0 Å². The molecule has 2 heteroatoms. The molecule has 14 heavy (non-hydrogen) atoms. The van der Waals surface area contributed by atoms with Crippen LogP contribution in [-0.2, 0) is 6.42 Å². The van der Waals surface area contributed by atoms with Crippen LogP contribution in [0.25, 0.3) is 0 Å². The van der Waals surface area contributed by atoms with Gasteiger partial charge in [0.05, 0.1) is 0 Å². The Morgan fingerprint density at radius 2 is 1.86 bits per heavy atom. The monoisotopic (exact) mass is 257 g/mol. The molecule has 0 aliphatic carbocycles. The molecule has 0 saturated heterocycles. The van der Waals surface area contributed by atoms with Gasteiger partial charge in [-0.05, 0) is 25.0 Å². The normalized spacial score (nSPS) is 9.50. The molecule has 1 heterocycles. The van der Waals surface area contributed by atoms with Gasteiger partial charge in [-0.15, -0.1) is 17.0 Å². The van der Waals surface area contributed by atoms with Gasteiger partial charge in [-0.1, -0.05) is 38.7 Å². The molecule has 0 radical (unpaired) electrons. The third-order valence-corrected chi connectivity index (χ3v) is 2.26. The van der Waals surface area contributed by atoms with E-state index in [0.717, 1.165) is 6.42 Å². The van der Waals surface area contributed by atoms with Crippen LogP contribution in [0.4, 0.5) is 0 Å². The molecule has 0 fully saturated rings. The summed E-state index contributed by atoms with van der Waals surface area (Å²) in [6.45, 7) is 2.25. The van der Waals surface area contributed by atoms with Gasteiger partial charge in [-0.3, -0.25) is 4.98 Å². The molecule has 0 N–H and O–H groups in total. The van der Waals surface area contributed by atoms with Gasteiger partial charge in [-0.2, -0.15) is 0 Å². The SMILES string of the molecule is Br.CCCCCCCc1ccccn1. The molecule has 0 amide bonds. The second kappa shape index (κ2) is 9.20. The van der Waals surface area contributed by atoms with Gasteiger partial charge in [-0.25, -0.2) is 0 Å². The molecular formula is C12H20BrN. The van der Waals surface area contributed by atoms with Gasteiger partial charge < -0.3 is 0 Å². The summed E-state index contributed by atoms with van der Waals surface area (Å²) in [5, 5.41) is 0. The van der Waals surface area contributed by atoms with Crippen molar-refractivity contribution in [3.05, 3.63) is 30.1 Å². The standard InChI is InChI=1S/C12H19N.BrH/c1-2-3-4-5-6-9-12-10-7-8-11-13-12;/h7-8,10-11H,2-6,9H2,1H3;1H. The van der Waals surface area contributed by atoms with Gasteiger partial charge in [0.15, 0.2) is 0 Å². The average Bonchev–Trinajstić information content (AvgIpc) is 2.19. The largest absolute Gasteiger partial charge is 0.261 e. The maximum Gasteiger partial charge on any atom is 0.0403 e. The third kappa shape index (κ3) is 6.14. The van der Waals surface area contributed by atoms with Gasteiger partial charge in [0.1, 0.15) is 0 Å². The fourth-order valence-electron chi connectivity index (χ4n) is 1.46. The Labute approximate surface area is 97.7 Å². The van der Waals surface area contributed by atoms with Crippen LogP contribution in [0.5, 0.6) is 0 Å². The minimum absolute atomic E-state index is 0. The fourth-order valence-corrected chi connectivity index (χ4v) is 1.46. The molecule has 1 nitrogen and oxygen atoms in total. The predicted octanol–water partition coefficient (Wildman–Crippen LogP) is 4.17. The molecule has 0 aliphatic heterocycles. The Hall–Kier alpha value is -0.370. The summed E-state index contributed by atoms with van der Waals surface area (Å²) >= 11 is 0. The summed E-state index contributed by atoms with van der Waals surface area (Å²) in [5.41, 5.74) is 1.24. The van der Waals surface area contributed by atoms with Crippen LogP contribution in [0, 0.1) is 0 Å². The number of nitrogens with zero attached hydrogens (tertiary/aromatic N) is 1. The van der Waals surface area contributed by atoms with E-state index in [4.69, 9.17) is 0 Å².